The van der Waals surface area contributed by atoms with Crippen LogP contribution in [0.5, 0.6) is 0 Å². The minimum absolute atomic E-state index is 0.480. The molecule has 0 bridgehead atoms. The van der Waals surface area contributed by atoms with Crippen molar-refractivity contribution in [2.24, 2.45) is 0 Å². The van der Waals surface area contributed by atoms with Crippen LogP contribution >= 0.6 is 20.0 Å². The maximum atomic E-state index is 10.7. The first-order valence-corrected chi connectivity index (χ1v) is 5.52. The monoisotopic (exact) mass is 154 g/mol. The van der Waals surface area contributed by atoms with Crippen LogP contribution < -0.4 is 0 Å². The van der Waals surface area contributed by atoms with E-state index in [-0.39, 0.29) is 0 Å². The number of thiol groups is 1. The Kier molecular flexibility index (Phi) is 3.78. The van der Waals surface area contributed by atoms with Crippen LogP contribution in [0.15, 0.2) is 0 Å². The largest absolute Gasteiger partial charge is 0.328 e. The van der Waals surface area contributed by atoms with E-state index in [0.29, 0.717) is 12.4 Å². The van der Waals surface area contributed by atoms with Gasteiger partial charge in [0.15, 0.2) is 7.37 Å². The van der Waals surface area contributed by atoms with Gasteiger partial charge in [-0.2, -0.15) is 12.6 Å². The zero-order valence-corrected chi connectivity index (χ0v) is 6.91. The highest BCUT2D eigenvalue weighted by Gasteiger charge is 2.03. The van der Waals surface area contributed by atoms with E-state index in [1.165, 1.54) is 0 Å². The molecular formula is C4H11O2PS. The summed E-state index contributed by atoms with van der Waals surface area (Å²) in [7, 11) is -2.23. The summed E-state index contributed by atoms with van der Waals surface area (Å²) in [6.07, 6.45) is 0. The quantitative estimate of drug-likeness (QED) is 0.492. The fourth-order valence-electron chi connectivity index (χ4n) is 0.261. The summed E-state index contributed by atoms with van der Waals surface area (Å²) in [5.74, 6) is 0.631. The van der Waals surface area contributed by atoms with Gasteiger partial charge in [0.1, 0.15) is 0 Å². The predicted molar refractivity (Wildman–Crippen MR) is 39.3 cm³/mol. The molecule has 0 N–H and O–H groups in total. The fourth-order valence-corrected chi connectivity index (χ4v) is 1.03. The van der Waals surface area contributed by atoms with Crippen molar-refractivity contribution in [1.82, 2.24) is 0 Å². The molecule has 0 radical (unpaired) electrons. The van der Waals surface area contributed by atoms with Gasteiger partial charge in [-0.3, -0.25) is 4.57 Å². The molecule has 0 saturated heterocycles. The summed E-state index contributed by atoms with van der Waals surface area (Å²) in [4.78, 5) is 0. The van der Waals surface area contributed by atoms with Crippen LogP contribution in [0.4, 0.5) is 0 Å². The topological polar surface area (TPSA) is 26.3 Å². The molecule has 0 aromatic carbocycles. The number of rotatable bonds is 3. The third-order valence-electron chi connectivity index (χ3n) is 0.493. The molecule has 4 heteroatoms. The lowest BCUT2D eigenvalue weighted by atomic mass is 10.9. The van der Waals surface area contributed by atoms with Crippen molar-refractivity contribution in [2.75, 3.05) is 25.7 Å². The molecule has 0 aromatic heterocycles. The normalized spacial score (nSPS) is 11.9. The number of hydrogen-bond acceptors (Lipinski definition) is 3. The average Bonchev–Trinajstić information content (AvgIpc) is 1.59. The maximum absolute atomic E-state index is 10.7. The Morgan fingerprint density at radius 1 is 1.62 bits per heavy atom. The molecule has 0 spiro atoms. The second kappa shape index (κ2) is 3.54. The Morgan fingerprint density at radius 2 is 2.12 bits per heavy atom. The minimum atomic E-state index is -2.23. The highest BCUT2D eigenvalue weighted by atomic mass is 32.1. The molecule has 0 aliphatic rings. The molecule has 0 rings (SSSR count). The second-order valence-electron chi connectivity index (χ2n) is 1.81. The lowest BCUT2D eigenvalue weighted by molar-refractivity contribution is 0.345. The fraction of sp³-hybridized carbons (Fsp3) is 1.00. The zero-order chi connectivity index (χ0) is 6.62. The van der Waals surface area contributed by atoms with Crippen LogP contribution in [0.25, 0.3) is 0 Å². The highest BCUT2D eigenvalue weighted by Crippen LogP contribution is 2.36. The van der Waals surface area contributed by atoms with E-state index in [2.05, 4.69) is 12.6 Å². The molecule has 0 heterocycles. The van der Waals surface area contributed by atoms with Crippen molar-refractivity contribution in [3.63, 3.8) is 0 Å². The molecule has 0 amide bonds. The first kappa shape index (κ1) is 8.54. The van der Waals surface area contributed by atoms with Crippen molar-refractivity contribution in [1.29, 1.82) is 0 Å². The van der Waals surface area contributed by atoms with Gasteiger partial charge < -0.3 is 4.52 Å². The molecule has 0 atom stereocenters. The van der Waals surface area contributed by atoms with Crippen molar-refractivity contribution in [3.8, 4) is 0 Å². The van der Waals surface area contributed by atoms with Crippen LogP contribution in [-0.2, 0) is 9.09 Å². The maximum Gasteiger partial charge on any atom is 0.197 e. The first-order chi connectivity index (χ1) is 3.56. The summed E-state index contributed by atoms with van der Waals surface area (Å²) < 4.78 is 15.6. The van der Waals surface area contributed by atoms with Crippen LogP contribution in [0.2, 0.25) is 0 Å². The van der Waals surface area contributed by atoms with Gasteiger partial charge >= 0.3 is 0 Å². The Bertz CT molecular complexity index is 98.2. The number of hydrogen-bond donors (Lipinski definition) is 1. The first-order valence-electron chi connectivity index (χ1n) is 2.36. The van der Waals surface area contributed by atoms with Crippen LogP contribution in [0.1, 0.15) is 0 Å². The van der Waals surface area contributed by atoms with Crippen molar-refractivity contribution in [2.45, 2.75) is 0 Å². The summed E-state index contributed by atoms with van der Waals surface area (Å²) in [5, 5.41) is 0. The Balaban J connectivity index is 3.26. The third-order valence-corrected chi connectivity index (χ3v) is 1.48. The summed E-state index contributed by atoms with van der Waals surface area (Å²) in [5.41, 5.74) is 0. The van der Waals surface area contributed by atoms with Gasteiger partial charge in [-0.15, -0.1) is 0 Å². The average molecular weight is 154 g/mol. The lowest BCUT2D eigenvalue weighted by Gasteiger charge is -2.04. The summed E-state index contributed by atoms with van der Waals surface area (Å²) in [6.45, 7) is 3.67. The Hall–Kier alpha value is 0.540. The SMILES string of the molecule is CP(C)(=O)OCCS. The van der Waals surface area contributed by atoms with Gasteiger partial charge in [-0.25, -0.2) is 0 Å². The van der Waals surface area contributed by atoms with E-state index < -0.39 is 7.37 Å². The van der Waals surface area contributed by atoms with Gasteiger partial charge in [-0.1, -0.05) is 0 Å². The van der Waals surface area contributed by atoms with Gasteiger partial charge in [-0.05, 0) is 0 Å². The van der Waals surface area contributed by atoms with Gasteiger partial charge in [0.2, 0.25) is 0 Å². The van der Waals surface area contributed by atoms with Gasteiger partial charge in [0.25, 0.3) is 0 Å². The highest BCUT2D eigenvalue weighted by molar-refractivity contribution is 7.80. The Morgan fingerprint density at radius 3 is 2.25 bits per heavy atom. The third kappa shape index (κ3) is 6.54. The summed E-state index contributed by atoms with van der Waals surface area (Å²) >= 11 is 3.89. The van der Waals surface area contributed by atoms with Gasteiger partial charge in [0, 0.05) is 19.1 Å². The summed E-state index contributed by atoms with van der Waals surface area (Å²) in [6, 6.07) is 0. The van der Waals surface area contributed by atoms with E-state index in [4.69, 9.17) is 4.52 Å². The smallest absolute Gasteiger partial charge is 0.197 e. The van der Waals surface area contributed by atoms with E-state index in [0.717, 1.165) is 0 Å². The molecule has 0 saturated carbocycles. The molecular weight excluding hydrogens is 143 g/mol. The van der Waals surface area contributed by atoms with E-state index in [1.54, 1.807) is 13.3 Å². The van der Waals surface area contributed by atoms with Crippen molar-refractivity contribution >= 4 is 20.0 Å². The molecule has 50 valence electrons. The molecule has 2 nitrogen and oxygen atoms in total. The van der Waals surface area contributed by atoms with E-state index in [9.17, 15) is 4.57 Å². The Labute approximate surface area is 55.5 Å². The van der Waals surface area contributed by atoms with Crippen LogP contribution in [0, 0.1) is 0 Å². The minimum Gasteiger partial charge on any atom is -0.328 e. The van der Waals surface area contributed by atoms with E-state index >= 15 is 0 Å². The molecule has 0 aliphatic carbocycles. The molecule has 0 fully saturated rings. The standard InChI is InChI=1S/C4H11O2PS/c1-7(2,5)6-3-4-8/h8H,3-4H2,1-2H3. The van der Waals surface area contributed by atoms with Crippen molar-refractivity contribution < 1.29 is 9.09 Å². The molecule has 8 heavy (non-hydrogen) atoms. The molecule has 0 aliphatic heterocycles. The zero-order valence-electron chi connectivity index (χ0n) is 5.13. The lowest BCUT2D eigenvalue weighted by Crippen LogP contribution is -1.90. The van der Waals surface area contributed by atoms with Crippen LogP contribution in [-0.4, -0.2) is 25.7 Å². The molecule has 0 aromatic rings. The van der Waals surface area contributed by atoms with Crippen LogP contribution in [0.3, 0.4) is 0 Å². The van der Waals surface area contributed by atoms with E-state index in [1.807, 2.05) is 0 Å². The second-order valence-corrected chi connectivity index (χ2v) is 5.02. The molecule has 0 unspecified atom stereocenters. The van der Waals surface area contributed by atoms with Gasteiger partial charge in [0.05, 0.1) is 6.61 Å². The van der Waals surface area contributed by atoms with Crippen molar-refractivity contribution in [3.05, 3.63) is 0 Å². The predicted octanol–water partition coefficient (Wildman–Crippen LogP) is 1.47.